The molecule has 0 aromatic heterocycles. The molecule has 5 heteroatoms. The van der Waals surface area contributed by atoms with E-state index in [9.17, 15) is 14.4 Å². The van der Waals surface area contributed by atoms with Gasteiger partial charge in [0.1, 0.15) is 6.29 Å². The smallest absolute Gasteiger partial charge is 0.303 e. The van der Waals surface area contributed by atoms with Crippen molar-refractivity contribution >= 4 is 18.2 Å². The first-order valence-electron chi connectivity index (χ1n) is 4.09. The highest BCUT2D eigenvalue weighted by molar-refractivity contribution is 5.76. The second-order valence-corrected chi connectivity index (χ2v) is 2.55. The summed E-state index contributed by atoms with van der Waals surface area (Å²) in [6.07, 6.45) is 1.55. The van der Waals surface area contributed by atoms with E-state index in [0.29, 0.717) is 19.4 Å². The Morgan fingerprint density at radius 1 is 1.31 bits per heavy atom. The average molecular weight is 187 g/mol. The third kappa shape index (κ3) is 8.52. The molecule has 0 heterocycles. The van der Waals surface area contributed by atoms with Crippen molar-refractivity contribution in [3.05, 3.63) is 0 Å². The lowest BCUT2D eigenvalue weighted by atomic mass is 10.2. The number of amides is 1. The van der Waals surface area contributed by atoms with E-state index >= 15 is 0 Å². The van der Waals surface area contributed by atoms with Crippen molar-refractivity contribution in [1.29, 1.82) is 0 Å². The number of aliphatic carboxylic acids is 1. The van der Waals surface area contributed by atoms with Gasteiger partial charge in [-0.2, -0.15) is 0 Å². The van der Waals surface area contributed by atoms with Gasteiger partial charge in [0.25, 0.3) is 0 Å². The summed E-state index contributed by atoms with van der Waals surface area (Å²) in [6.45, 7) is 0.329. The van der Waals surface area contributed by atoms with E-state index in [4.69, 9.17) is 5.11 Å². The molecule has 13 heavy (non-hydrogen) atoms. The Labute approximate surface area is 76.1 Å². The number of carboxylic acid groups (broad SMARTS) is 1. The van der Waals surface area contributed by atoms with Gasteiger partial charge < -0.3 is 15.2 Å². The van der Waals surface area contributed by atoms with Gasteiger partial charge in [0.2, 0.25) is 5.91 Å². The Bertz CT molecular complexity index is 191. The third-order valence-electron chi connectivity index (χ3n) is 1.38. The predicted molar refractivity (Wildman–Crippen MR) is 45.2 cm³/mol. The summed E-state index contributed by atoms with van der Waals surface area (Å²) in [6, 6.07) is 0. The summed E-state index contributed by atoms with van der Waals surface area (Å²) in [5.41, 5.74) is 0. The van der Waals surface area contributed by atoms with Crippen molar-refractivity contribution in [3.63, 3.8) is 0 Å². The Morgan fingerprint density at radius 2 is 2.00 bits per heavy atom. The SMILES string of the molecule is O=CCCNC(=O)CCCC(=O)O. The molecule has 0 bridgehead atoms. The first-order chi connectivity index (χ1) is 6.16. The first-order valence-corrected chi connectivity index (χ1v) is 4.09. The Kier molecular flexibility index (Phi) is 6.49. The zero-order valence-electron chi connectivity index (χ0n) is 7.28. The number of carbonyl (C=O) groups is 3. The zero-order chi connectivity index (χ0) is 10.1. The van der Waals surface area contributed by atoms with E-state index in [1.54, 1.807) is 0 Å². The minimum atomic E-state index is -0.902. The third-order valence-corrected chi connectivity index (χ3v) is 1.38. The van der Waals surface area contributed by atoms with E-state index in [-0.39, 0.29) is 18.7 Å². The lowest BCUT2D eigenvalue weighted by molar-refractivity contribution is -0.137. The van der Waals surface area contributed by atoms with Crippen LogP contribution in [0, 0.1) is 0 Å². The summed E-state index contributed by atoms with van der Waals surface area (Å²) in [4.78, 5) is 30.8. The number of nitrogens with one attached hydrogen (secondary N) is 1. The van der Waals surface area contributed by atoms with Crippen LogP contribution in [0.25, 0.3) is 0 Å². The van der Waals surface area contributed by atoms with Gasteiger partial charge in [-0.3, -0.25) is 9.59 Å². The van der Waals surface area contributed by atoms with E-state index < -0.39 is 5.97 Å². The summed E-state index contributed by atoms with van der Waals surface area (Å²) in [5.74, 6) is -1.11. The van der Waals surface area contributed by atoms with Crippen LogP contribution in [-0.2, 0) is 14.4 Å². The number of hydrogen-bond donors (Lipinski definition) is 2. The molecule has 0 radical (unpaired) electrons. The molecular weight excluding hydrogens is 174 g/mol. The van der Waals surface area contributed by atoms with Gasteiger partial charge in [0.15, 0.2) is 0 Å². The zero-order valence-corrected chi connectivity index (χ0v) is 7.28. The second kappa shape index (κ2) is 7.27. The quantitative estimate of drug-likeness (QED) is 0.432. The maximum absolute atomic E-state index is 10.9. The molecule has 0 fully saturated rings. The van der Waals surface area contributed by atoms with Crippen molar-refractivity contribution in [1.82, 2.24) is 5.32 Å². The molecule has 0 aromatic carbocycles. The fourth-order valence-electron chi connectivity index (χ4n) is 0.759. The van der Waals surface area contributed by atoms with Crippen molar-refractivity contribution in [2.75, 3.05) is 6.54 Å². The molecule has 0 unspecified atom stereocenters. The fraction of sp³-hybridized carbons (Fsp3) is 0.625. The van der Waals surface area contributed by atoms with Crippen molar-refractivity contribution in [2.45, 2.75) is 25.7 Å². The maximum Gasteiger partial charge on any atom is 0.303 e. The van der Waals surface area contributed by atoms with E-state index in [2.05, 4.69) is 5.32 Å². The van der Waals surface area contributed by atoms with Crippen LogP contribution < -0.4 is 5.32 Å². The molecule has 5 nitrogen and oxygen atoms in total. The minimum Gasteiger partial charge on any atom is -0.481 e. The molecule has 0 aromatic rings. The van der Waals surface area contributed by atoms with Crippen LogP contribution in [0.1, 0.15) is 25.7 Å². The van der Waals surface area contributed by atoms with Crippen LogP contribution in [0.2, 0.25) is 0 Å². The Hall–Kier alpha value is -1.39. The van der Waals surface area contributed by atoms with Crippen molar-refractivity contribution in [2.24, 2.45) is 0 Å². The number of aldehydes is 1. The summed E-state index contributed by atoms with van der Waals surface area (Å²) in [7, 11) is 0. The summed E-state index contributed by atoms with van der Waals surface area (Å²) in [5, 5.41) is 10.8. The van der Waals surface area contributed by atoms with E-state index in [1.807, 2.05) is 0 Å². The molecule has 0 rings (SSSR count). The van der Waals surface area contributed by atoms with Crippen LogP contribution >= 0.6 is 0 Å². The molecular formula is C8H13NO4. The van der Waals surface area contributed by atoms with Gasteiger partial charge in [-0.15, -0.1) is 0 Å². The molecule has 0 saturated heterocycles. The van der Waals surface area contributed by atoms with Crippen molar-refractivity contribution in [3.8, 4) is 0 Å². The summed E-state index contributed by atoms with van der Waals surface area (Å²) >= 11 is 0. The molecule has 0 saturated carbocycles. The number of rotatable bonds is 7. The molecule has 0 spiro atoms. The van der Waals surface area contributed by atoms with Gasteiger partial charge >= 0.3 is 5.97 Å². The number of carbonyl (C=O) groups excluding carboxylic acids is 2. The molecule has 2 N–H and O–H groups in total. The standard InChI is InChI=1S/C8H13NO4/c10-6-2-5-9-7(11)3-1-4-8(12)13/h6H,1-5H2,(H,9,11)(H,12,13). The molecule has 0 atom stereocenters. The van der Waals surface area contributed by atoms with Gasteiger partial charge in [-0.25, -0.2) is 0 Å². The molecule has 1 amide bonds. The lowest BCUT2D eigenvalue weighted by Gasteiger charge is -2.00. The van der Waals surface area contributed by atoms with Crippen LogP contribution in [0.3, 0.4) is 0 Å². The van der Waals surface area contributed by atoms with Gasteiger partial charge in [0, 0.05) is 25.8 Å². The van der Waals surface area contributed by atoms with Crippen LogP contribution in [0.4, 0.5) is 0 Å². The highest BCUT2D eigenvalue weighted by Gasteiger charge is 2.02. The van der Waals surface area contributed by atoms with E-state index in [0.717, 1.165) is 6.29 Å². The highest BCUT2D eigenvalue weighted by atomic mass is 16.4. The highest BCUT2D eigenvalue weighted by Crippen LogP contribution is 1.94. The fourth-order valence-corrected chi connectivity index (χ4v) is 0.759. The van der Waals surface area contributed by atoms with E-state index in [1.165, 1.54) is 0 Å². The normalized spacial score (nSPS) is 9.23. The van der Waals surface area contributed by atoms with Gasteiger partial charge in [0.05, 0.1) is 0 Å². The maximum atomic E-state index is 10.9. The average Bonchev–Trinajstić information content (AvgIpc) is 2.04. The minimum absolute atomic E-state index is 0.00109. The summed E-state index contributed by atoms with van der Waals surface area (Å²) < 4.78 is 0. The lowest BCUT2D eigenvalue weighted by Crippen LogP contribution is -2.24. The van der Waals surface area contributed by atoms with Crippen molar-refractivity contribution < 1.29 is 19.5 Å². The monoisotopic (exact) mass is 187 g/mol. The first kappa shape index (κ1) is 11.6. The number of carboxylic acids is 1. The van der Waals surface area contributed by atoms with Crippen LogP contribution in [-0.4, -0.2) is 29.8 Å². The molecule has 0 aliphatic rings. The van der Waals surface area contributed by atoms with Crippen LogP contribution in [0.15, 0.2) is 0 Å². The van der Waals surface area contributed by atoms with Crippen LogP contribution in [0.5, 0.6) is 0 Å². The molecule has 74 valence electrons. The molecule has 0 aliphatic heterocycles. The number of hydrogen-bond acceptors (Lipinski definition) is 3. The Balaban J connectivity index is 3.30. The largest absolute Gasteiger partial charge is 0.481 e. The topological polar surface area (TPSA) is 83.5 Å². The van der Waals surface area contributed by atoms with Gasteiger partial charge in [-0.1, -0.05) is 0 Å². The Morgan fingerprint density at radius 3 is 2.54 bits per heavy atom. The van der Waals surface area contributed by atoms with Gasteiger partial charge in [-0.05, 0) is 6.42 Å². The predicted octanol–water partition coefficient (Wildman–Crippen LogP) is -0.0535. The molecule has 0 aliphatic carbocycles. The second-order valence-electron chi connectivity index (χ2n) is 2.55.